The largest absolute Gasteiger partial charge is 0.438 e. The molecule has 2 aromatic heterocycles. The van der Waals surface area contributed by atoms with Crippen LogP contribution in [0.5, 0.6) is 11.6 Å². The summed E-state index contributed by atoms with van der Waals surface area (Å²) in [7, 11) is 0. The summed E-state index contributed by atoms with van der Waals surface area (Å²) in [6, 6.07) is 24.4. The highest BCUT2D eigenvalue weighted by atomic mass is 32.2. The van der Waals surface area contributed by atoms with E-state index in [9.17, 15) is 4.79 Å². The van der Waals surface area contributed by atoms with Gasteiger partial charge >= 0.3 is 0 Å². The van der Waals surface area contributed by atoms with Gasteiger partial charge in [-0.2, -0.15) is 0 Å². The molecule has 0 radical (unpaired) electrons. The van der Waals surface area contributed by atoms with Crippen LogP contribution in [-0.4, -0.2) is 15.9 Å². The number of hydrogen-bond acceptors (Lipinski definition) is 5. The van der Waals surface area contributed by atoms with Gasteiger partial charge in [0.05, 0.1) is 0 Å². The van der Waals surface area contributed by atoms with Crippen molar-refractivity contribution >= 4 is 23.4 Å². The van der Waals surface area contributed by atoms with Crippen LogP contribution in [0.15, 0.2) is 102 Å². The molecule has 4 aromatic rings. The minimum atomic E-state index is -0.273. The number of carbonyl (C=O) groups excluding carboxylic acids is 1. The summed E-state index contributed by atoms with van der Waals surface area (Å²) in [4.78, 5) is 22.2. The first-order chi connectivity index (χ1) is 14.8. The predicted octanol–water partition coefficient (Wildman–Crippen LogP) is 5.81. The van der Waals surface area contributed by atoms with E-state index in [-0.39, 0.29) is 11.8 Å². The number of nitrogens with one attached hydrogen (secondary N) is 1. The van der Waals surface area contributed by atoms with Crippen molar-refractivity contribution in [2.45, 2.75) is 10.6 Å². The Kier molecular flexibility index (Phi) is 6.37. The lowest BCUT2D eigenvalue weighted by Gasteiger charge is -2.10. The van der Waals surface area contributed by atoms with E-state index in [1.54, 1.807) is 36.3 Å². The average molecular weight is 414 g/mol. The van der Waals surface area contributed by atoms with E-state index < -0.39 is 0 Å². The minimum Gasteiger partial charge on any atom is -0.438 e. The number of amides is 1. The summed E-state index contributed by atoms with van der Waals surface area (Å²) in [5, 5.41) is 2.91. The molecule has 2 aromatic carbocycles. The van der Waals surface area contributed by atoms with E-state index >= 15 is 0 Å². The van der Waals surface area contributed by atoms with Crippen LogP contribution < -0.4 is 10.1 Å². The Morgan fingerprint density at radius 1 is 0.900 bits per heavy atom. The number of thioether (sulfide) groups is 1. The van der Waals surface area contributed by atoms with Gasteiger partial charge in [0, 0.05) is 34.9 Å². The molecular formula is C24H19N3O2S. The lowest BCUT2D eigenvalue weighted by Crippen LogP contribution is -2.13. The molecule has 0 saturated heterocycles. The van der Waals surface area contributed by atoms with Crippen LogP contribution in [0.1, 0.15) is 15.9 Å². The van der Waals surface area contributed by atoms with E-state index in [4.69, 9.17) is 4.74 Å². The van der Waals surface area contributed by atoms with Crippen LogP contribution in [0.25, 0.3) is 0 Å². The van der Waals surface area contributed by atoms with Crippen molar-refractivity contribution < 1.29 is 9.53 Å². The molecule has 0 aliphatic heterocycles. The smallest absolute Gasteiger partial charge is 0.261 e. The monoisotopic (exact) mass is 413 g/mol. The number of benzene rings is 2. The zero-order chi connectivity index (χ0) is 20.6. The number of aromatic nitrogens is 2. The fourth-order valence-electron chi connectivity index (χ4n) is 2.73. The Labute approximate surface area is 179 Å². The zero-order valence-electron chi connectivity index (χ0n) is 16.1. The third-order valence-corrected chi connectivity index (χ3v) is 5.30. The molecule has 30 heavy (non-hydrogen) atoms. The molecule has 0 spiro atoms. The number of ether oxygens (including phenoxy) is 1. The molecule has 1 N–H and O–H groups in total. The van der Waals surface area contributed by atoms with Crippen molar-refractivity contribution in [3.05, 3.63) is 109 Å². The van der Waals surface area contributed by atoms with E-state index in [0.29, 0.717) is 17.0 Å². The molecular weight excluding hydrogens is 394 g/mol. The van der Waals surface area contributed by atoms with Crippen LogP contribution in [0.2, 0.25) is 0 Å². The highest BCUT2D eigenvalue weighted by molar-refractivity contribution is 7.98. The molecule has 0 aliphatic carbocycles. The van der Waals surface area contributed by atoms with Gasteiger partial charge in [0.25, 0.3) is 5.91 Å². The quantitative estimate of drug-likeness (QED) is 0.387. The Morgan fingerprint density at radius 2 is 1.70 bits per heavy atom. The van der Waals surface area contributed by atoms with Crippen molar-refractivity contribution in [3.63, 3.8) is 0 Å². The lowest BCUT2D eigenvalue weighted by atomic mass is 10.2. The van der Waals surface area contributed by atoms with Crippen molar-refractivity contribution in [2.24, 2.45) is 0 Å². The third-order valence-electron chi connectivity index (χ3n) is 4.21. The number of para-hydroxylation sites is 1. The summed E-state index contributed by atoms with van der Waals surface area (Å²) < 4.78 is 5.78. The number of anilines is 1. The van der Waals surface area contributed by atoms with Crippen LogP contribution >= 0.6 is 11.8 Å². The Hall–Kier alpha value is -3.64. The molecule has 0 saturated carbocycles. The van der Waals surface area contributed by atoms with Gasteiger partial charge in [-0.05, 0) is 60.2 Å². The van der Waals surface area contributed by atoms with Crippen molar-refractivity contribution in [3.8, 4) is 11.6 Å². The number of nitrogens with zero attached hydrogens (tertiary/aromatic N) is 2. The minimum absolute atomic E-state index is 0.268. The average Bonchev–Trinajstić information content (AvgIpc) is 2.80. The molecule has 1 amide bonds. The number of carbonyl (C=O) groups is 1. The first kappa shape index (κ1) is 19.7. The van der Waals surface area contributed by atoms with E-state index in [2.05, 4.69) is 21.4 Å². The van der Waals surface area contributed by atoms with Crippen molar-refractivity contribution in [1.29, 1.82) is 0 Å². The van der Waals surface area contributed by atoms with Gasteiger partial charge in [-0.15, -0.1) is 11.8 Å². The van der Waals surface area contributed by atoms with Gasteiger partial charge < -0.3 is 10.1 Å². The van der Waals surface area contributed by atoms with Crippen LogP contribution in [0, 0.1) is 0 Å². The Bertz CT molecular complexity index is 1100. The molecule has 0 fully saturated rings. The molecule has 0 unspecified atom stereocenters. The van der Waals surface area contributed by atoms with Crippen LogP contribution in [0.4, 0.5) is 5.69 Å². The summed E-state index contributed by atoms with van der Waals surface area (Å²) in [6.07, 6.45) is 5.23. The normalized spacial score (nSPS) is 10.4. The molecule has 5 nitrogen and oxygen atoms in total. The molecule has 148 valence electrons. The second-order valence-electron chi connectivity index (χ2n) is 6.40. The lowest BCUT2D eigenvalue weighted by molar-refractivity contribution is 0.102. The SMILES string of the molecule is O=C(Nc1ccc(SCc2cccnc2)cc1)c1cccnc1Oc1ccccc1. The molecule has 0 bridgehead atoms. The summed E-state index contributed by atoms with van der Waals surface area (Å²) in [5.74, 6) is 1.46. The zero-order valence-corrected chi connectivity index (χ0v) is 16.9. The molecule has 0 aliphatic rings. The predicted molar refractivity (Wildman–Crippen MR) is 119 cm³/mol. The van der Waals surface area contributed by atoms with Gasteiger partial charge in [-0.1, -0.05) is 24.3 Å². The van der Waals surface area contributed by atoms with E-state index in [0.717, 1.165) is 10.6 Å². The van der Waals surface area contributed by atoms with Gasteiger partial charge in [0.15, 0.2) is 0 Å². The van der Waals surface area contributed by atoms with Gasteiger partial charge in [0.2, 0.25) is 5.88 Å². The fourth-order valence-corrected chi connectivity index (χ4v) is 3.56. The maximum Gasteiger partial charge on any atom is 0.261 e. The number of hydrogen-bond donors (Lipinski definition) is 1. The summed E-state index contributed by atoms with van der Waals surface area (Å²) >= 11 is 1.72. The van der Waals surface area contributed by atoms with E-state index in [1.807, 2.05) is 66.9 Å². The number of rotatable bonds is 7. The second kappa shape index (κ2) is 9.71. The van der Waals surface area contributed by atoms with Gasteiger partial charge in [-0.3, -0.25) is 9.78 Å². The first-order valence-electron chi connectivity index (χ1n) is 9.39. The van der Waals surface area contributed by atoms with Gasteiger partial charge in [-0.25, -0.2) is 4.98 Å². The number of pyridine rings is 2. The maximum atomic E-state index is 12.8. The second-order valence-corrected chi connectivity index (χ2v) is 7.45. The van der Waals surface area contributed by atoms with Crippen molar-refractivity contribution in [1.82, 2.24) is 9.97 Å². The van der Waals surface area contributed by atoms with E-state index in [1.165, 1.54) is 5.56 Å². The Balaban J connectivity index is 1.40. The standard InChI is InChI=1S/C24H19N3O2S/c28-23(22-9-5-15-26-24(22)29-20-7-2-1-3-8-20)27-19-10-12-21(13-11-19)30-17-18-6-4-14-25-16-18/h1-16H,17H2,(H,27,28). The highest BCUT2D eigenvalue weighted by Gasteiger charge is 2.14. The molecule has 0 atom stereocenters. The third kappa shape index (κ3) is 5.24. The van der Waals surface area contributed by atoms with Crippen LogP contribution in [-0.2, 0) is 5.75 Å². The molecule has 6 heteroatoms. The highest BCUT2D eigenvalue weighted by Crippen LogP contribution is 2.26. The molecule has 4 rings (SSSR count). The molecule has 2 heterocycles. The Morgan fingerprint density at radius 3 is 2.47 bits per heavy atom. The van der Waals surface area contributed by atoms with Crippen LogP contribution in [0.3, 0.4) is 0 Å². The van der Waals surface area contributed by atoms with Crippen molar-refractivity contribution in [2.75, 3.05) is 5.32 Å². The summed E-state index contributed by atoms with van der Waals surface area (Å²) in [6.45, 7) is 0. The fraction of sp³-hybridized carbons (Fsp3) is 0.0417. The topological polar surface area (TPSA) is 64.1 Å². The van der Waals surface area contributed by atoms with Gasteiger partial charge in [0.1, 0.15) is 11.3 Å². The maximum absolute atomic E-state index is 12.8. The summed E-state index contributed by atoms with van der Waals surface area (Å²) in [5.41, 5.74) is 2.25. The first-order valence-corrected chi connectivity index (χ1v) is 10.4.